The highest BCUT2D eigenvalue weighted by Gasteiger charge is 2.16. The summed E-state index contributed by atoms with van der Waals surface area (Å²) in [5, 5.41) is 4.34. The highest BCUT2D eigenvalue weighted by atomic mass is 16.5. The summed E-state index contributed by atoms with van der Waals surface area (Å²) in [4.78, 5) is 16.1. The average molecular weight is 350 g/mol. The van der Waals surface area contributed by atoms with Crippen molar-refractivity contribution in [1.82, 2.24) is 4.98 Å². The maximum Gasteiger partial charge on any atom is 0.250 e. The van der Waals surface area contributed by atoms with Crippen LogP contribution in [0.3, 0.4) is 0 Å². The molecule has 5 N–H and O–H groups in total. The number of aromatic nitrogens is 1. The molecule has 134 valence electrons. The molecule has 0 bridgehead atoms. The van der Waals surface area contributed by atoms with Gasteiger partial charge in [-0.05, 0) is 36.2 Å². The topological polar surface area (TPSA) is 103 Å². The maximum atomic E-state index is 11.7. The number of hydrogen-bond donors (Lipinski definition) is 3. The normalized spacial score (nSPS) is 12.0. The fourth-order valence-corrected chi connectivity index (χ4v) is 3.02. The number of pyridine rings is 1. The van der Waals surface area contributed by atoms with Crippen LogP contribution in [0, 0.1) is 6.92 Å². The molecule has 6 heteroatoms. The van der Waals surface area contributed by atoms with E-state index in [1.165, 1.54) is 0 Å². The molecule has 1 aromatic heterocycles. The zero-order valence-corrected chi connectivity index (χ0v) is 14.8. The van der Waals surface area contributed by atoms with Crippen molar-refractivity contribution < 1.29 is 9.53 Å². The number of benzene rings is 2. The summed E-state index contributed by atoms with van der Waals surface area (Å²) in [6, 6.07) is 13.1. The van der Waals surface area contributed by atoms with Crippen molar-refractivity contribution in [3.8, 4) is 5.75 Å². The van der Waals surface area contributed by atoms with Gasteiger partial charge in [0.15, 0.2) is 0 Å². The van der Waals surface area contributed by atoms with Gasteiger partial charge in [-0.3, -0.25) is 9.78 Å². The Labute approximate surface area is 152 Å². The fourth-order valence-electron chi connectivity index (χ4n) is 3.02. The largest absolute Gasteiger partial charge is 0.497 e. The Balaban J connectivity index is 2.07. The second-order valence-electron chi connectivity index (χ2n) is 6.09. The van der Waals surface area contributed by atoms with E-state index in [2.05, 4.69) is 10.3 Å². The molecule has 26 heavy (non-hydrogen) atoms. The number of hydrogen-bond acceptors (Lipinski definition) is 5. The monoisotopic (exact) mass is 350 g/mol. The molecule has 0 saturated heterocycles. The lowest BCUT2D eigenvalue weighted by molar-refractivity contribution is 0.100. The van der Waals surface area contributed by atoms with E-state index in [4.69, 9.17) is 16.2 Å². The van der Waals surface area contributed by atoms with Gasteiger partial charge in [0.2, 0.25) is 0 Å². The molecule has 2 aromatic carbocycles. The fraction of sp³-hybridized carbons (Fsp3) is 0.200. The van der Waals surface area contributed by atoms with Crippen molar-refractivity contribution in [2.75, 3.05) is 19.0 Å². The number of fused-ring (bicyclic) bond motifs is 1. The first-order valence-electron chi connectivity index (χ1n) is 8.33. The van der Waals surface area contributed by atoms with Gasteiger partial charge in [0.25, 0.3) is 5.91 Å². The molecule has 0 radical (unpaired) electrons. The second-order valence-corrected chi connectivity index (χ2v) is 6.09. The van der Waals surface area contributed by atoms with Crippen molar-refractivity contribution in [1.29, 1.82) is 0 Å². The van der Waals surface area contributed by atoms with Crippen LogP contribution in [0.15, 0.2) is 48.7 Å². The Morgan fingerprint density at radius 1 is 1.27 bits per heavy atom. The summed E-state index contributed by atoms with van der Waals surface area (Å²) in [5.74, 6) is 0.274. The molecule has 1 atom stereocenters. The SMILES string of the molecule is COc1cccc([C@@H](CN)Nc2c(C)cnc3c(C(N)=O)cccc23)c1. The Morgan fingerprint density at radius 3 is 2.73 bits per heavy atom. The summed E-state index contributed by atoms with van der Waals surface area (Å²) >= 11 is 0. The Morgan fingerprint density at radius 2 is 2.04 bits per heavy atom. The highest BCUT2D eigenvalue weighted by Crippen LogP contribution is 2.31. The molecule has 0 unspecified atom stereocenters. The van der Waals surface area contributed by atoms with Gasteiger partial charge in [-0.2, -0.15) is 0 Å². The van der Waals surface area contributed by atoms with Crippen LogP contribution in [0.4, 0.5) is 5.69 Å². The zero-order valence-electron chi connectivity index (χ0n) is 14.8. The van der Waals surface area contributed by atoms with Crippen LogP contribution in [0.1, 0.15) is 27.5 Å². The average Bonchev–Trinajstić information content (AvgIpc) is 2.66. The molecular formula is C20H22N4O2. The number of methoxy groups -OCH3 is 1. The Kier molecular flexibility index (Phi) is 5.04. The van der Waals surface area contributed by atoms with Gasteiger partial charge < -0.3 is 21.5 Å². The molecular weight excluding hydrogens is 328 g/mol. The zero-order chi connectivity index (χ0) is 18.7. The lowest BCUT2D eigenvalue weighted by Gasteiger charge is -2.22. The molecule has 0 aliphatic carbocycles. The number of nitrogens with two attached hydrogens (primary N) is 2. The lowest BCUT2D eigenvalue weighted by atomic mass is 10.0. The number of carbonyl (C=O) groups is 1. The highest BCUT2D eigenvalue weighted by molar-refractivity contribution is 6.07. The molecule has 3 rings (SSSR count). The van der Waals surface area contributed by atoms with Crippen molar-refractivity contribution in [3.63, 3.8) is 0 Å². The molecule has 0 spiro atoms. The van der Waals surface area contributed by atoms with E-state index >= 15 is 0 Å². The summed E-state index contributed by atoms with van der Waals surface area (Å²) in [6.07, 6.45) is 1.73. The number of nitrogens with zero attached hydrogens (tertiary/aromatic N) is 1. The van der Waals surface area contributed by atoms with E-state index < -0.39 is 5.91 Å². The smallest absolute Gasteiger partial charge is 0.250 e. The van der Waals surface area contributed by atoms with E-state index in [1.54, 1.807) is 25.4 Å². The van der Waals surface area contributed by atoms with Crippen LogP contribution in [0.2, 0.25) is 0 Å². The summed E-state index contributed by atoms with van der Waals surface area (Å²) in [7, 11) is 1.63. The number of carbonyl (C=O) groups excluding carboxylic acids is 1. The number of primary amides is 1. The minimum absolute atomic E-state index is 0.119. The van der Waals surface area contributed by atoms with E-state index in [0.717, 1.165) is 28.0 Å². The molecule has 0 fully saturated rings. The van der Waals surface area contributed by atoms with Crippen molar-refractivity contribution >= 4 is 22.5 Å². The number of ether oxygens (including phenoxy) is 1. The van der Waals surface area contributed by atoms with Gasteiger partial charge in [-0.15, -0.1) is 0 Å². The van der Waals surface area contributed by atoms with Gasteiger partial charge in [-0.1, -0.05) is 24.3 Å². The van der Waals surface area contributed by atoms with Crippen LogP contribution in [0.5, 0.6) is 5.75 Å². The first-order chi connectivity index (χ1) is 12.5. The Bertz CT molecular complexity index is 956. The van der Waals surface area contributed by atoms with E-state index in [-0.39, 0.29) is 6.04 Å². The minimum atomic E-state index is -0.499. The Hall–Kier alpha value is -3.12. The molecule has 6 nitrogen and oxygen atoms in total. The third-order valence-electron chi connectivity index (χ3n) is 4.40. The molecule has 0 saturated carbocycles. The number of anilines is 1. The van der Waals surface area contributed by atoms with Crippen LogP contribution >= 0.6 is 0 Å². The van der Waals surface area contributed by atoms with Crippen molar-refractivity contribution in [3.05, 3.63) is 65.4 Å². The standard InChI is InChI=1S/C20H22N4O2/c1-12-11-23-19-15(7-4-8-16(19)20(22)25)18(12)24-17(10-21)13-5-3-6-14(9-13)26-2/h3-9,11,17H,10,21H2,1-2H3,(H2,22,25)(H,23,24)/t17-/m1/s1. The number of amides is 1. The minimum Gasteiger partial charge on any atom is -0.497 e. The van der Waals surface area contributed by atoms with Crippen LogP contribution in [-0.4, -0.2) is 24.5 Å². The molecule has 0 aliphatic rings. The van der Waals surface area contributed by atoms with Gasteiger partial charge in [0, 0.05) is 23.8 Å². The van der Waals surface area contributed by atoms with Crippen LogP contribution < -0.4 is 21.5 Å². The first kappa shape index (κ1) is 17.7. The number of rotatable bonds is 6. The van der Waals surface area contributed by atoms with Gasteiger partial charge in [-0.25, -0.2) is 0 Å². The van der Waals surface area contributed by atoms with Gasteiger partial charge >= 0.3 is 0 Å². The van der Waals surface area contributed by atoms with Gasteiger partial charge in [0.05, 0.1) is 24.2 Å². The van der Waals surface area contributed by atoms with E-state index in [9.17, 15) is 4.79 Å². The number of nitrogens with one attached hydrogen (secondary N) is 1. The predicted molar refractivity (Wildman–Crippen MR) is 103 cm³/mol. The third-order valence-corrected chi connectivity index (χ3v) is 4.40. The molecule has 1 heterocycles. The first-order valence-corrected chi connectivity index (χ1v) is 8.33. The quantitative estimate of drug-likeness (QED) is 0.634. The third kappa shape index (κ3) is 3.32. The number of aryl methyl sites for hydroxylation is 1. The molecule has 3 aromatic rings. The van der Waals surface area contributed by atoms with Crippen LogP contribution in [0.25, 0.3) is 10.9 Å². The molecule has 0 aliphatic heterocycles. The number of para-hydroxylation sites is 1. The van der Waals surface area contributed by atoms with Crippen molar-refractivity contribution in [2.24, 2.45) is 11.5 Å². The summed E-state index contributed by atoms with van der Waals surface area (Å²) in [5.41, 5.74) is 15.3. The van der Waals surface area contributed by atoms with Gasteiger partial charge in [0.1, 0.15) is 5.75 Å². The predicted octanol–water partition coefficient (Wildman–Crippen LogP) is 2.76. The van der Waals surface area contributed by atoms with Crippen LogP contribution in [-0.2, 0) is 0 Å². The maximum absolute atomic E-state index is 11.7. The second kappa shape index (κ2) is 7.41. The van der Waals surface area contributed by atoms with Crippen molar-refractivity contribution in [2.45, 2.75) is 13.0 Å². The summed E-state index contributed by atoms with van der Waals surface area (Å²) < 4.78 is 5.31. The lowest BCUT2D eigenvalue weighted by Crippen LogP contribution is -2.21. The molecule has 1 amide bonds. The van der Waals surface area contributed by atoms with E-state index in [0.29, 0.717) is 17.6 Å². The summed E-state index contributed by atoms with van der Waals surface area (Å²) in [6.45, 7) is 2.36. The van der Waals surface area contributed by atoms with E-state index in [1.807, 2.05) is 37.3 Å².